The summed E-state index contributed by atoms with van der Waals surface area (Å²) < 4.78 is 5.32. The van der Waals surface area contributed by atoms with Gasteiger partial charge in [0, 0.05) is 31.7 Å². The first-order valence-corrected chi connectivity index (χ1v) is 8.57. The molecule has 1 aliphatic heterocycles. The molecule has 1 heterocycles. The normalized spacial score (nSPS) is 17.0. The second-order valence-corrected chi connectivity index (χ2v) is 6.03. The largest absolute Gasteiger partial charge is 0.388 e. The van der Waals surface area contributed by atoms with Gasteiger partial charge in [-0.1, -0.05) is 25.5 Å². The third kappa shape index (κ3) is 6.29. The van der Waals surface area contributed by atoms with Crippen LogP contribution in [0.4, 0.5) is 5.69 Å². The van der Waals surface area contributed by atoms with E-state index in [0.717, 1.165) is 56.9 Å². The van der Waals surface area contributed by atoms with Crippen molar-refractivity contribution in [1.29, 1.82) is 0 Å². The Morgan fingerprint density at radius 3 is 2.65 bits per heavy atom. The number of rotatable bonds is 8. The van der Waals surface area contributed by atoms with Crippen molar-refractivity contribution in [2.75, 3.05) is 38.2 Å². The monoisotopic (exact) mass is 320 g/mol. The van der Waals surface area contributed by atoms with Crippen molar-refractivity contribution in [1.82, 2.24) is 4.90 Å². The minimum Gasteiger partial charge on any atom is -0.388 e. The Morgan fingerprint density at radius 1 is 1.30 bits per heavy atom. The van der Waals surface area contributed by atoms with Crippen LogP contribution in [0.25, 0.3) is 0 Å². The van der Waals surface area contributed by atoms with Crippen molar-refractivity contribution >= 4 is 11.6 Å². The van der Waals surface area contributed by atoms with E-state index in [9.17, 15) is 9.90 Å². The molecule has 0 bridgehead atoms. The molecule has 5 heteroatoms. The lowest BCUT2D eigenvalue weighted by molar-refractivity contribution is -0.116. The van der Waals surface area contributed by atoms with Crippen LogP contribution in [0.3, 0.4) is 0 Å². The van der Waals surface area contributed by atoms with E-state index in [4.69, 9.17) is 4.74 Å². The van der Waals surface area contributed by atoms with E-state index >= 15 is 0 Å². The summed E-state index contributed by atoms with van der Waals surface area (Å²) in [5.74, 6) is 0.0486. The summed E-state index contributed by atoms with van der Waals surface area (Å²) in [6, 6.07) is 7.49. The van der Waals surface area contributed by atoms with Crippen LogP contribution in [0.5, 0.6) is 0 Å². The molecule has 1 aromatic rings. The molecule has 2 rings (SSSR count). The number of aliphatic hydroxyl groups is 1. The number of carbonyl (C=O) groups is 1. The van der Waals surface area contributed by atoms with Crippen LogP contribution in [0.15, 0.2) is 24.3 Å². The second kappa shape index (κ2) is 9.65. The summed E-state index contributed by atoms with van der Waals surface area (Å²) in [5, 5.41) is 13.2. The molecule has 5 nitrogen and oxygen atoms in total. The van der Waals surface area contributed by atoms with Gasteiger partial charge in [0.2, 0.25) is 5.91 Å². The van der Waals surface area contributed by atoms with Gasteiger partial charge in [0.15, 0.2) is 0 Å². The highest BCUT2D eigenvalue weighted by atomic mass is 16.5. The second-order valence-electron chi connectivity index (χ2n) is 6.03. The van der Waals surface area contributed by atoms with Crippen LogP contribution in [-0.4, -0.2) is 48.8 Å². The van der Waals surface area contributed by atoms with E-state index in [2.05, 4.69) is 17.1 Å². The number of morpholine rings is 1. The molecule has 1 atom stereocenters. The molecular weight excluding hydrogens is 292 g/mol. The van der Waals surface area contributed by atoms with E-state index in [0.29, 0.717) is 12.8 Å². The topological polar surface area (TPSA) is 61.8 Å². The van der Waals surface area contributed by atoms with E-state index in [1.54, 1.807) is 0 Å². The number of nitrogens with one attached hydrogen (secondary N) is 1. The average Bonchev–Trinajstić information content (AvgIpc) is 2.59. The maximum atomic E-state index is 11.7. The number of ether oxygens (including phenoxy) is 1. The highest BCUT2D eigenvalue weighted by Gasteiger charge is 2.13. The van der Waals surface area contributed by atoms with Gasteiger partial charge in [0.25, 0.3) is 0 Å². The molecule has 0 spiro atoms. The van der Waals surface area contributed by atoms with Crippen LogP contribution in [0.1, 0.15) is 44.3 Å². The number of carbonyl (C=O) groups excluding carboxylic acids is 1. The Morgan fingerprint density at radius 2 is 2.00 bits per heavy atom. The molecule has 1 amide bonds. The van der Waals surface area contributed by atoms with Crippen LogP contribution < -0.4 is 5.32 Å². The van der Waals surface area contributed by atoms with Crippen molar-refractivity contribution in [2.24, 2.45) is 0 Å². The smallest absolute Gasteiger partial charge is 0.224 e. The van der Waals surface area contributed by atoms with Gasteiger partial charge in [-0.15, -0.1) is 0 Å². The highest BCUT2D eigenvalue weighted by molar-refractivity contribution is 5.90. The van der Waals surface area contributed by atoms with Gasteiger partial charge < -0.3 is 15.2 Å². The number of anilines is 1. The van der Waals surface area contributed by atoms with Gasteiger partial charge in [-0.05, 0) is 30.5 Å². The third-order valence-corrected chi connectivity index (χ3v) is 4.16. The molecule has 0 aliphatic carbocycles. The number of hydrogen-bond donors (Lipinski definition) is 2. The van der Waals surface area contributed by atoms with Crippen LogP contribution in [0.2, 0.25) is 0 Å². The summed E-state index contributed by atoms with van der Waals surface area (Å²) in [7, 11) is 0. The Labute approximate surface area is 138 Å². The van der Waals surface area contributed by atoms with Crippen molar-refractivity contribution in [3.8, 4) is 0 Å². The zero-order valence-corrected chi connectivity index (χ0v) is 14.0. The highest BCUT2D eigenvalue weighted by Crippen LogP contribution is 2.20. The maximum absolute atomic E-state index is 11.7. The summed E-state index contributed by atoms with van der Waals surface area (Å²) >= 11 is 0. The van der Waals surface area contributed by atoms with E-state index in [1.165, 1.54) is 0 Å². The number of hydrogen-bond acceptors (Lipinski definition) is 4. The first-order valence-electron chi connectivity index (χ1n) is 8.57. The summed E-state index contributed by atoms with van der Waals surface area (Å²) in [5.41, 5.74) is 1.68. The zero-order valence-electron chi connectivity index (χ0n) is 14.0. The SMILES string of the molecule is CCCCC(=O)Nc1ccc(C(O)CCN2CCOCC2)cc1. The van der Waals surface area contributed by atoms with Crippen molar-refractivity contribution in [3.05, 3.63) is 29.8 Å². The number of nitrogens with zero attached hydrogens (tertiary/aromatic N) is 1. The first-order chi connectivity index (χ1) is 11.2. The van der Waals surface area contributed by atoms with Gasteiger partial charge in [-0.2, -0.15) is 0 Å². The minimum absolute atomic E-state index is 0.0486. The Hall–Kier alpha value is -1.43. The third-order valence-electron chi connectivity index (χ3n) is 4.16. The Balaban J connectivity index is 1.77. The predicted octanol–water partition coefficient (Wildman–Crippen LogP) is 2.57. The van der Waals surface area contributed by atoms with Crippen molar-refractivity contribution < 1.29 is 14.6 Å². The van der Waals surface area contributed by atoms with E-state index < -0.39 is 6.10 Å². The molecule has 2 N–H and O–H groups in total. The van der Waals surface area contributed by atoms with Gasteiger partial charge in [-0.25, -0.2) is 0 Å². The molecule has 1 aromatic carbocycles. The van der Waals surface area contributed by atoms with Crippen molar-refractivity contribution in [2.45, 2.75) is 38.7 Å². The lowest BCUT2D eigenvalue weighted by atomic mass is 10.1. The molecule has 0 saturated carbocycles. The first kappa shape index (κ1) is 17.9. The summed E-state index contributed by atoms with van der Waals surface area (Å²) in [6.07, 6.45) is 2.72. The lowest BCUT2D eigenvalue weighted by Crippen LogP contribution is -2.37. The maximum Gasteiger partial charge on any atom is 0.224 e. The fourth-order valence-corrected chi connectivity index (χ4v) is 2.65. The summed E-state index contributed by atoms with van der Waals surface area (Å²) in [4.78, 5) is 14.0. The quantitative estimate of drug-likeness (QED) is 0.773. The number of aliphatic hydroxyl groups excluding tert-OH is 1. The van der Waals surface area contributed by atoms with Gasteiger partial charge in [0.05, 0.1) is 19.3 Å². The van der Waals surface area contributed by atoms with Crippen LogP contribution in [0, 0.1) is 0 Å². The fourth-order valence-electron chi connectivity index (χ4n) is 2.65. The van der Waals surface area contributed by atoms with Gasteiger partial charge >= 0.3 is 0 Å². The number of benzene rings is 1. The molecule has 23 heavy (non-hydrogen) atoms. The fraction of sp³-hybridized carbons (Fsp3) is 0.611. The standard InChI is InChI=1S/C18H28N2O3/c1-2-3-4-18(22)19-16-7-5-15(6-8-16)17(21)9-10-20-11-13-23-14-12-20/h5-8,17,21H,2-4,9-14H2,1H3,(H,19,22). The lowest BCUT2D eigenvalue weighted by Gasteiger charge is -2.27. The molecule has 1 fully saturated rings. The zero-order chi connectivity index (χ0) is 16.5. The summed E-state index contributed by atoms with van der Waals surface area (Å²) in [6.45, 7) is 6.39. The van der Waals surface area contributed by atoms with E-state index in [-0.39, 0.29) is 5.91 Å². The van der Waals surface area contributed by atoms with Gasteiger partial charge in [0.1, 0.15) is 0 Å². The van der Waals surface area contributed by atoms with Crippen LogP contribution in [-0.2, 0) is 9.53 Å². The predicted molar refractivity (Wildman–Crippen MR) is 91.4 cm³/mol. The molecule has 1 saturated heterocycles. The Bertz CT molecular complexity index is 470. The number of amides is 1. The molecule has 0 aromatic heterocycles. The molecule has 128 valence electrons. The van der Waals surface area contributed by atoms with Gasteiger partial charge in [-0.3, -0.25) is 9.69 Å². The molecule has 0 radical (unpaired) electrons. The molecule has 1 aliphatic rings. The minimum atomic E-state index is -0.470. The average molecular weight is 320 g/mol. The molecular formula is C18H28N2O3. The van der Waals surface area contributed by atoms with E-state index in [1.807, 2.05) is 24.3 Å². The Kier molecular flexibility index (Phi) is 7.52. The van der Waals surface area contributed by atoms with Crippen molar-refractivity contribution in [3.63, 3.8) is 0 Å². The number of unbranched alkanes of at least 4 members (excludes halogenated alkanes) is 1. The molecule has 1 unspecified atom stereocenters. The van der Waals surface area contributed by atoms with Crippen LogP contribution >= 0.6 is 0 Å².